The molecule has 88 valence electrons. The highest BCUT2D eigenvalue weighted by Crippen LogP contribution is 2.15. The van der Waals surface area contributed by atoms with Crippen molar-refractivity contribution >= 4 is 0 Å². The van der Waals surface area contributed by atoms with Crippen LogP contribution in [0.3, 0.4) is 0 Å². The second kappa shape index (κ2) is 4.67. The first kappa shape index (κ1) is 10.5. The van der Waals surface area contributed by atoms with E-state index in [0.717, 1.165) is 24.3 Å². The molecular formula is C13H16N4. The summed E-state index contributed by atoms with van der Waals surface area (Å²) in [4.78, 5) is 4.11. The van der Waals surface area contributed by atoms with Crippen LogP contribution >= 0.6 is 0 Å². The molecule has 1 atom stereocenters. The average Bonchev–Trinajstić information content (AvgIpc) is 3.02. The lowest BCUT2D eigenvalue weighted by Gasteiger charge is -2.09. The number of rotatable bonds is 3. The Morgan fingerprint density at radius 2 is 2.41 bits per heavy atom. The van der Waals surface area contributed by atoms with Gasteiger partial charge in [0.15, 0.2) is 0 Å². The summed E-state index contributed by atoms with van der Waals surface area (Å²) in [6.07, 6.45) is 8.20. The molecule has 1 aliphatic rings. The average molecular weight is 228 g/mol. The fraction of sp³-hybridized carbons (Fsp3) is 0.385. The minimum atomic E-state index is 0.580. The van der Waals surface area contributed by atoms with Crippen LogP contribution in [-0.4, -0.2) is 27.4 Å². The van der Waals surface area contributed by atoms with Gasteiger partial charge in [-0.25, -0.2) is 0 Å². The Kier molecular flexibility index (Phi) is 2.88. The zero-order valence-electron chi connectivity index (χ0n) is 9.71. The first-order valence-electron chi connectivity index (χ1n) is 6.09. The molecular weight excluding hydrogens is 212 g/mol. The van der Waals surface area contributed by atoms with Crippen LogP contribution in [0.2, 0.25) is 0 Å². The van der Waals surface area contributed by atoms with Crippen molar-refractivity contribution in [3.05, 3.63) is 36.8 Å². The van der Waals surface area contributed by atoms with Crippen LogP contribution in [0.1, 0.15) is 12.8 Å². The summed E-state index contributed by atoms with van der Waals surface area (Å²) in [5, 5.41) is 8.06. The van der Waals surface area contributed by atoms with Gasteiger partial charge in [-0.1, -0.05) is 0 Å². The summed E-state index contributed by atoms with van der Waals surface area (Å²) in [5.41, 5.74) is 2.07. The molecule has 17 heavy (non-hydrogen) atoms. The number of hydrogen-bond acceptors (Lipinski definition) is 3. The van der Waals surface area contributed by atoms with E-state index in [4.69, 9.17) is 0 Å². The number of nitrogens with one attached hydrogen (secondary N) is 1. The first-order chi connectivity index (χ1) is 8.42. The van der Waals surface area contributed by atoms with E-state index in [1.54, 1.807) is 6.20 Å². The summed E-state index contributed by atoms with van der Waals surface area (Å²) < 4.78 is 2.02. The van der Waals surface area contributed by atoms with E-state index in [2.05, 4.69) is 15.4 Å². The van der Waals surface area contributed by atoms with Crippen molar-refractivity contribution in [2.75, 3.05) is 6.54 Å². The van der Waals surface area contributed by atoms with Gasteiger partial charge in [0.25, 0.3) is 0 Å². The highest BCUT2D eigenvalue weighted by atomic mass is 15.3. The Morgan fingerprint density at radius 3 is 3.18 bits per heavy atom. The summed E-state index contributed by atoms with van der Waals surface area (Å²) in [5.74, 6) is 0. The van der Waals surface area contributed by atoms with Gasteiger partial charge >= 0.3 is 0 Å². The Balaban J connectivity index is 1.74. The maximum Gasteiger partial charge on any atom is 0.0938 e. The summed E-state index contributed by atoms with van der Waals surface area (Å²) in [7, 11) is 0. The third-order valence-electron chi connectivity index (χ3n) is 3.17. The smallest absolute Gasteiger partial charge is 0.0938 e. The van der Waals surface area contributed by atoms with E-state index in [1.165, 1.54) is 12.8 Å². The van der Waals surface area contributed by atoms with Crippen LogP contribution in [0.25, 0.3) is 11.3 Å². The SMILES string of the molecule is c1cncc(-c2ccn(CC3CCCN3)n2)c1. The van der Waals surface area contributed by atoms with Gasteiger partial charge in [0.1, 0.15) is 0 Å². The molecule has 1 fully saturated rings. The fourth-order valence-electron chi connectivity index (χ4n) is 2.27. The maximum absolute atomic E-state index is 4.58. The second-order valence-electron chi connectivity index (χ2n) is 4.46. The van der Waals surface area contributed by atoms with Gasteiger partial charge in [0, 0.05) is 30.2 Å². The molecule has 0 bridgehead atoms. The van der Waals surface area contributed by atoms with Gasteiger partial charge < -0.3 is 5.32 Å². The molecule has 1 N–H and O–H groups in total. The second-order valence-corrected chi connectivity index (χ2v) is 4.46. The van der Waals surface area contributed by atoms with Gasteiger partial charge in [-0.15, -0.1) is 0 Å². The third-order valence-corrected chi connectivity index (χ3v) is 3.17. The molecule has 0 aliphatic carbocycles. The lowest BCUT2D eigenvalue weighted by atomic mass is 10.2. The number of aromatic nitrogens is 3. The highest BCUT2D eigenvalue weighted by Gasteiger charge is 2.14. The molecule has 3 heterocycles. The van der Waals surface area contributed by atoms with Crippen molar-refractivity contribution in [3.63, 3.8) is 0 Å². The van der Waals surface area contributed by atoms with Crippen molar-refractivity contribution in [2.45, 2.75) is 25.4 Å². The maximum atomic E-state index is 4.58. The minimum Gasteiger partial charge on any atom is -0.312 e. The topological polar surface area (TPSA) is 42.7 Å². The van der Waals surface area contributed by atoms with Crippen molar-refractivity contribution in [3.8, 4) is 11.3 Å². The van der Waals surface area contributed by atoms with Gasteiger partial charge in [-0.05, 0) is 37.6 Å². The van der Waals surface area contributed by atoms with Gasteiger partial charge in [0.05, 0.1) is 12.2 Å². The molecule has 1 saturated heterocycles. The van der Waals surface area contributed by atoms with E-state index >= 15 is 0 Å². The highest BCUT2D eigenvalue weighted by molar-refractivity contribution is 5.56. The molecule has 2 aromatic rings. The van der Waals surface area contributed by atoms with E-state index in [-0.39, 0.29) is 0 Å². The lowest BCUT2D eigenvalue weighted by molar-refractivity contribution is 0.477. The van der Waals surface area contributed by atoms with E-state index in [0.29, 0.717) is 6.04 Å². The number of hydrogen-bond donors (Lipinski definition) is 1. The molecule has 3 rings (SSSR count). The van der Waals surface area contributed by atoms with Gasteiger partial charge in [0.2, 0.25) is 0 Å². The Labute approximate surface area is 101 Å². The zero-order chi connectivity index (χ0) is 11.5. The zero-order valence-corrected chi connectivity index (χ0v) is 9.71. The number of nitrogens with zero attached hydrogens (tertiary/aromatic N) is 3. The fourth-order valence-corrected chi connectivity index (χ4v) is 2.27. The Hall–Kier alpha value is -1.68. The largest absolute Gasteiger partial charge is 0.312 e. The first-order valence-corrected chi connectivity index (χ1v) is 6.09. The van der Waals surface area contributed by atoms with E-state index < -0.39 is 0 Å². The van der Waals surface area contributed by atoms with Crippen LogP contribution in [0.15, 0.2) is 36.8 Å². The van der Waals surface area contributed by atoms with E-state index in [9.17, 15) is 0 Å². The van der Waals surface area contributed by atoms with Crippen LogP contribution in [0, 0.1) is 0 Å². The third kappa shape index (κ3) is 2.36. The normalized spacial score (nSPS) is 19.6. The van der Waals surface area contributed by atoms with Crippen molar-refractivity contribution in [2.24, 2.45) is 0 Å². The summed E-state index contributed by atoms with van der Waals surface area (Å²) >= 11 is 0. The molecule has 1 unspecified atom stereocenters. The lowest BCUT2D eigenvalue weighted by Crippen LogP contribution is -2.26. The van der Waals surface area contributed by atoms with Gasteiger partial charge in [-0.2, -0.15) is 5.10 Å². The quantitative estimate of drug-likeness (QED) is 0.869. The summed E-state index contributed by atoms with van der Waals surface area (Å²) in [6.45, 7) is 2.10. The van der Waals surface area contributed by atoms with E-state index in [1.807, 2.05) is 35.3 Å². The molecule has 0 amide bonds. The number of pyridine rings is 1. The molecule has 0 saturated carbocycles. The predicted molar refractivity (Wildman–Crippen MR) is 66.5 cm³/mol. The molecule has 1 aliphatic heterocycles. The monoisotopic (exact) mass is 228 g/mol. The molecule has 0 radical (unpaired) electrons. The molecule has 4 heteroatoms. The van der Waals surface area contributed by atoms with Crippen LogP contribution in [-0.2, 0) is 6.54 Å². The summed E-state index contributed by atoms with van der Waals surface area (Å²) in [6, 6.07) is 6.60. The van der Waals surface area contributed by atoms with Crippen LogP contribution in [0.5, 0.6) is 0 Å². The van der Waals surface area contributed by atoms with Crippen molar-refractivity contribution in [1.82, 2.24) is 20.1 Å². The van der Waals surface area contributed by atoms with Gasteiger partial charge in [-0.3, -0.25) is 9.67 Å². The Morgan fingerprint density at radius 1 is 1.41 bits per heavy atom. The Bertz CT molecular complexity index is 471. The molecule has 4 nitrogen and oxygen atoms in total. The van der Waals surface area contributed by atoms with Crippen LogP contribution in [0.4, 0.5) is 0 Å². The molecule has 0 aromatic carbocycles. The van der Waals surface area contributed by atoms with Crippen molar-refractivity contribution in [1.29, 1.82) is 0 Å². The minimum absolute atomic E-state index is 0.580. The van der Waals surface area contributed by atoms with Crippen LogP contribution < -0.4 is 5.32 Å². The van der Waals surface area contributed by atoms with Crippen molar-refractivity contribution < 1.29 is 0 Å². The molecule has 0 spiro atoms. The molecule has 2 aromatic heterocycles. The standard InChI is InChI=1S/C13H16N4/c1-3-11(9-14-6-1)13-5-8-17(16-13)10-12-4-2-7-15-12/h1,3,5-6,8-9,12,15H,2,4,7,10H2. The predicted octanol–water partition coefficient (Wildman–Crippen LogP) is 1.70.